The van der Waals surface area contributed by atoms with Crippen molar-refractivity contribution in [2.75, 3.05) is 12.8 Å². The minimum Gasteiger partial charge on any atom is -0.296 e. The van der Waals surface area contributed by atoms with Crippen molar-refractivity contribution < 1.29 is 4.79 Å². The van der Waals surface area contributed by atoms with E-state index < -0.39 is 0 Å². The summed E-state index contributed by atoms with van der Waals surface area (Å²) >= 11 is 1.46. The van der Waals surface area contributed by atoms with Gasteiger partial charge in [0.1, 0.15) is 5.04 Å². The van der Waals surface area contributed by atoms with Crippen LogP contribution >= 0.6 is 11.8 Å². The molecule has 0 heterocycles. The summed E-state index contributed by atoms with van der Waals surface area (Å²) in [6, 6.07) is 0. The standard InChI is InChI=1S/C5H9NOS/c1-3-8-5(4-7)6-2/h4H,3H2,1-2H3. The molecular formula is C5H9NOS. The average molecular weight is 131 g/mol. The van der Waals surface area contributed by atoms with Crippen LogP contribution in [0.5, 0.6) is 0 Å². The number of aldehydes is 1. The molecule has 46 valence electrons. The Morgan fingerprint density at radius 2 is 2.50 bits per heavy atom. The Morgan fingerprint density at radius 1 is 1.88 bits per heavy atom. The molecule has 0 atom stereocenters. The largest absolute Gasteiger partial charge is 0.296 e. The zero-order chi connectivity index (χ0) is 6.41. The Bertz CT molecular complexity index is 101. The van der Waals surface area contributed by atoms with Crippen LogP contribution in [-0.2, 0) is 4.79 Å². The lowest BCUT2D eigenvalue weighted by Gasteiger charge is -1.88. The number of carbonyl (C=O) groups is 1. The fraction of sp³-hybridized carbons (Fsp3) is 0.600. The first-order valence-corrected chi connectivity index (χ1v) is 3.38. The molecule has 0 amide bonds. The number of hydrogen-bond acceptors (Lipinski definition) is 3. The van der Waals surface area contributed by atoms with Crippen molar-refractivity contribution in [3.8, 4) is 0 Å². The Labute approximate surface area is 53.4 Å². The molecule has 0 fully saturated rings. The molecular weight excluding hydrogens is 122 g/mol. The summed E-state index contributed by atoms with van der Waals surface area (Å²) in [7, 11) is 1.62. The summed E-state index contributed by atoms with van der Waals surface area (Å²) in [4.78, 5) is 13.7. The lowest BCUT2D eigenvalue weighted by molar-refractivity contribution is -0.102. The molecule has 0 saturated heterocycles. The fourth-order valence-corrected chi connectivity index (χ4v) is 0.792. The molecule has 0 aromatic carbocycles. The van der Waals surface area contributed by atoms with E-state index in [2.05, 4.69) is 4.99 Å². The van der Waals surface area contributed by atoms with E-state index in [1.165, 1.54) is 11.8 Å². The van der Waals surface area contributed by atoms with Gasteiger partial charge in [0.25, 0.3) is 0 Å². The van der Waals surface area contributed by atoms with Gasteiger partial charge in [-0.25, -0.2) is 0 Å². The predicted octanol–water partition coefficient (Wildman–Crippen LogP) is 0.967. The average Bonchev–Trinajstić information content (AvgIpc) is 1.83. The van der Waals surface area contributed by atoms with Crippen molar-refractivity contribution in [2.45, 2.75) is 6.92 Å². The van der Waals surface area contributed by atoms with E-state index in [9.17, 15) is 4.79 Å². The maximum atomic E-state index is 9.97. The first kappa shape index (κ1) is 7.69. The predicted molar refractivity (Wildman–Crippen MR) is 37.6 cm³/mol. The third-order valence-electron chi connectivity index (χ3n) is 0.613. The molecule has 0 saturated carbocycles. The smallest absolute Gasteiger partial charge is 0.174 e. The maximum absolute atomic E-state index is 9.97. The molecule has 0 N–H and O–H groups in total. The van der Waals surface area contributed by atoms with Gasteiger partial charge in [-0.3, -0.25) is 9.79 Å². The molecule has 0 bridgehead atoms. The van der Waals surface area contributed by atoms with Crippen molar-refractivity contribution in [3.63, 3.8) is 0 Å². The maximum Gasteiger partial charge on any atom is 0.174 e. The van der Waals surface area contributed by atoms with Gasteiger partial charge >= 0.3 is 0 Å². The van der Waals surface area contributed by atoms with E-state index in [4.69, 9.17) is 0 Å². The quantitative estimate of drug-likeness (QED) is 0.317. The Kier molecular flexibility index (Phi) is 4.65. The van der Waals surface area contributed by atoms with Crippen molar-refractivity contribution >= 4 is 23.1 Å². The van der Waals surface area contributed by atoms with Gasteiger partial charge in [-0.2, -0.15) is 0 Å². The van der Waals surface area contributed by atoms with Crippen LogP contribution in [0, 0.1) is 0 Å². The topological polar surface area (TPSA) is 29.4 Å². The van der Waals surface area contributed by atoms with Crippen LogP contribution in [0.2, 0.25) is 0 Å². The summed E-state index contributed by atoms with van der Waals surface area (Å²) in [5.41, 5.74) is 0. The van der Waals surface area contributed by atoms with Crippen molar-refractivity contribution in [3.05, 3.63) is 0 Å². The molecule has 0 radical (unpaired) electrons. The van der Waals surface area contributed by atoms with Gasteiger partial charge in [0, 0.05) is 7.05 Å². The number of nitrogens with zero attached hydrogens (tertiary/aromatic N) is 1. The molecule has 0 aromatic rings. The lowest BCUT2D eigenvalue weighted by atomic mass is 10.8. The van der Waals surface area contributed by atoms with E-state index >= 15 is 0 Å². The zero-order valence-electron chi connectivity index (χ0n) is 5.05. The third-order valence-corrected chi connectivity index (χ3v) is 1.48. The van der Waals surface area contributed by atoms with Crippen LogP contribution in [0.4, 0.5) is 0 Å². The SMILES string of the molecule is CCSC(C=O)=NC. The van der Waals surface area contributed by atoms with E-state index in [-0.39, 0.29) is 0 Å². The molecule has 0 rings (SSSR count). The van der Waals surface area contributed by atoms with Gasteiger partial charge in [0.15, 0.2) is 6.29 Å². The summed E-state index contributed by atoms with van der Waals surface area (Å²) in [5.74, 6) is 0.908. The Balaban J connectivity index is 3.54. The summed E-state index contributed by atoms with van der Waals surface area (Å²) in [6.07, 6.45) is 0.772. The second-order valence-electron chi connectivity index (χ2n) is 1.11. The van der Waals surface area contributed by atoms with Crippen molar-refractivity contribution in [1.82, 2.24) is 0 Å². The van der Waals surface area contributed by atoms with Crippen LogP contribution in [-0.4, -0.2) is 24.1 Å². The van der Waals surface area contributed by atoms with Crippen LogP contribution in [0.1, 0.15) is 6.92 Å². The number of thioether (sulfide) groups is 1. The summed E-state index contributed by atoms with van der Waals surface area (Å²) in [6.45, 7) is 1.99. The zero-order valence-corrected chi connectivity index (χ0v) is 5.86. The monoisotopic (exact) mass is 131 g/mol. The third kappa shape index (κ3) is 2.80. The highest BCUT2D eigenvalue weighted by Gasteiger charge is 1.90. The molecule has 0 unspecified atom stereocenters. The van der Waals surface area contributed by atoms with Crippen LogP contribution in [0.15, 0.2) is 4.99 Å². The van der Waals surface area contributed by atoms with Crippen molar-refractivity contribution in [2.24, 2.45) is 4.99 Å². The van der Waals surface area contributed by atoms with E-state index in [1.54, 1.807) is 7.05 Å². The van der Waals surface area contributed by atoms with Gasteiger partial charge in [-0.15, -0.1) is 11.8 Å². The fourth-order valence-electron chi connectivity index (χ4n) is 0.299. The van der Waals surface area contributed by atoms with Gasteiger partial charge in [0.2, 0.25) is 0 Å². The van der Waals surface area contributed by atoms with Gasteiger partial charge in [0.05, 0.1) is 0 Å². The molecule has 0 aliphatic carbocycles. The summed E-state index contributed by atoms with van der Waals surface area (Å²) < 4.78 is 0. The Hall–Kier alpha value is -0.310. The molecule has 2 nitrogen and oxygen atoms in total. The van der Waals surface area contributed by atoms with E-state index in [0.717, 1.165) is 12.0 Å². The summed E-state index contributed by atoms with van der Waals surface area (Å²) in [5, 5.41) is 0.576. The molecule has 0 spiro atoms. The molecule has 8 heavy (non-hydrogen) atoms. The highest BCUT2D eigenvalue weighted by atomic mass is 32.2. The molecule has 0 aromatic heterocycles. The number of rotatable bonds is 2. The van der Waals surface area contributed by atoms with Gasteiger partial charge < -0.3 is 0 Å². The number of carbonyl (C=O) groups excluding carboxylic acids is 1. The van der Waals surface area contributed by atoms with Gasteiger partial charge in [-0.1, -0.05) is 6.92 Å². The normalized spacial score (nSPS) is 11.5. The lowest BCUT2D eigenvalue weighted by Crippen LogP contribution is -1.92. The van der Waals surface area contributed by atoms with Crippen LogP contribution in [0.3, 0.4) is 0 Å². The first-order chi connectivity index (χ1) is 3.85. The minimum atomic E-state index is 0.576. The number of hydrogen-bond donors (Lipinski definition) is 0. The number of aliphatic imine (C=N–C) groups is 1. The van der Waals surface area contributed by atoms with Crippen LogP contribution in [0.25, 0.3) is 0 Å². The van der Waals surface area contributed by atoms with E-state index in [1.807, 2.05) is 6.92 Å². The van der Waals surface area contributed by atoms with Crippen LogP contribution < -0.4 is 0 Å². The second kappa shape index (κ2) is 4.84. The molecule has 0 aliphatic heterocycles. The molecule has 0 aliphatic rings. The highest BCUT2D eigenvalue weighted by molar-refractivity contribution is 8.15. The second-order valence-corrected chi connectivity index (χ2v) is 2.40. The Morgan fingerprint density at radius 3 is 2.62 bits per heavy atom. The van der Waals surface area contributed by atoms with Gasteiger partial charge in [-0.05, 0) is 5.75 Å². The molecule has 3 heteroatoms. The first-order valence-electron chi connectivity index (χ1n) is 2.40. The van der Waals surface area contributed by atoms with E-state index in [0.29, 0.717) is 5.04 Å². The highest BCUT2D eigenvalue weighted by Crippen LogP contribution is 1.98. The minimum absolute atomic E-state index is 0.576. The van der Waals surface area contributed by atoms with Crippen molar-refractivity contribution in [1.29, 1.82) is 0 Å².